The number of para-hydroxylation sites is 1. The molecule has 0 saturated carbocycles. The summed E-state index contributed by atoms with van der Waals surface area (Å²) in [6, 6.07) is 9.26. The van der Waals surface area contributed by atoms with E-state index >= 15 is 0 Å². The second-order valence-corrected chi connectivity index (χ2v) is 3.40. The van der Waals surface area contributed by atoms with Gasteiger partial charge in [0, 0.05) is 6.20 Å². The van der Waals surface area contributed by atoms with Crippen molar-refractivity contribution >= 4 is 11.6 Å². The molecule has 0 spiro atoms. The Balaban J connectivity index is 2.35. The summed E-state index contributed by atoms with van der Waals surface area (Å²) in [6.45, 7) is 0. The Kier molecular flexibility index (Phi) is 3.38. The topological polar surface area (TPSA) is 86.5 Å². The number of pyridine rings is 1. The van der Waals surface area contributed by atoms with E-state index in [1.54, 1.807) is 24.3 Å². The maximum absolute atomic E-state index is 13.4. The van der Waals surface area contributed by atoms with E-state index in [9.17, 15) is 4.39 Å². The number of nitrogens with zero attached hydrogens (tertiary/aromatic N) is 2. The molecule has 2 rings (SSSR count). The molecule has 4 N–H and O–H groups in total. The summed E-state index contributed by atoms with van der Waals surface area (Å²) < 4.78 is 18.8. The highest BCUT2D eigenvalue weighted by molar-refractivity contribution is 5.79. The summed E-state index contributed by atoms with van der Waals surface area (Å²) in [4.78, 5) is 7.81. The summed E-state index contributed by atoms with van der Waals surface area (Å²) >= 11 is 0. The molecule has 0 unspecified atom stereocenters. The summed E-state index contributed by atoms with van der Waals surface area (Å²) in [7, 11) is 0. The minimum Gasteiger partial charge on any atom is -0.434 e. The van der Waals surface area contributed by atoms with Gasteiger partial charge in [0.2, 0.25) is 5.88 Å². The van der Waals surface area contributed by atoms with Crippen molar-refractivity contribution in [2.75, 3.05) is 0 Å². The third kappa shape index (κ3) is 2.73. The molecule has 92 valence electrons. The summed E-state index contributed by atoms with van der Waals surface area (Å²) in [6.07, 6.45) is 1.50. The number of aliphatic imine (C=N–C) groups is 1. The van der Waals surface area contributed by atoms with Crippen molar-refractivity contribution in [3.05, 3.63) is 48.4 Å². The molecule has 0 amide bonds. The Morgan fingerprint density at radius 2 is 1.94 bits per heavy atom. The molecule has 2 aromatic rings. The fourth-order valence-electron chi connectivity index (χ4n) is 1.32. The number of hydrogen-bond acceptors (Lipinski definition) is 3. The zero-order chi connectivity index (χ0) is 13.0. The van der Waals surface area contributed by atoms with Crippen LogP contribution in [0.15, 0.2) is 47.6 Å². The van der Waals surface area contributed by atoms with Gasteiger partial charge in [-0.3, -0.25) is 0 Å². The third-order valence-corrected chi connectivity index (χ3v) is 2.04. The second-order valence-electron chi connectivity index (χ2n) is 3.40. The highest BCUT2D eigenvalue weighted by Crippen LogP contribution is 2.30. The highest BCUT2D eigenvalue weighted by Gasteiger charge is 2.08. The van der Waals surface area contributed by atoms with Crippen molar-refractivity contribution in [3.63, 3.8) is 0 Å². The first-order valence-corrected chi connectivity index (χ1v) is 5.14. The van der Waals surface area contributed by atoms with Gasteiger partial charge in [-0.1, -0.05) is 12.1 Å². The van der Waals surface area contributed by atoms with Crippen molar-refractivity contribution in [2.24, 2.45) is 16.5 Å². The first-order chi connectivity index (χ1) is 8.66. The first kappa shape index (κ1) is 11.8. The largest absolute Gasteiger partial charge is 0.434 e. The minimum absolute atomic E-state index is 0.0586. The van der Waals surface area contributed by atoms with Crippen LogP contribution in [-0.4, -0.2) is 10.9 Å². The van der Waals surface area contributed by atoms with Crippen LogP contribution in [0.4, 0.5) is 10.1 Å². The van der Waals surface area contributed by atoms with Crippen LogP contribution in [0.1, 0.15) is 0 Å². The Bertz CT molecular complexity index is 582. The van der Waals surface area contributed by atoms with Crippen molar-refractivity contribution < 1.29 is 9.13 Å². The van der Waals surface area contributed by atoms with E-state index in [2.05, 4.69) is 9.98 Å². The van der Waals surface area contributed by atoms with Gasteiger partial charge < -0.3 is 16.2 Å². The molecule has 0 bridgehead atoms. The molecule has 18 heavy (non-hydrogen) atoms. The quantitative estimate of drug-likeness (QED) is 0.639. The number of guanidine groups is 1. The van der Waals surface area contributed by atoms with E-state index in [0.29, 0.717) is 5.69 Å². The maximum atomic E-state index is 13.4. The summed E-state index contributed by atoms with van der Waals surface area (Å²) in [5, 5.41) is 0. The van der Waals surface area contributed by atoms with Gasteiger partial charge in [0.15, 0.2) is 17.5 Å². The lowest BCUT2D eigenvalue weighted by molar-refractivity contribution is 0.429. The molecule has 1 heterocycles. The molecular weight excluding hydrogens is 235 g/mol. The normalized spacial score (nSPS) is 9.83. The van der Waals surface area contributed by atoms with Crippen LogP contribution in [0.3, 0.4) is 0 Å². The van der Waals surface area contributed by atoms with Gasteiger partial charge >= 0.3 is 0 Å². The van der Waals surface area contributed by atoms with Crippen LogP contribution in [0.2, 0.25) is 0 Å². The molecule has 1 aromatic heterocycles. The van der Waals surface area contributed by atoms with E-state index in [4.69, 9.17) is 16.2 Å². The highest BCUT2D eigenvalue weighted by atomic mass is 19.1. The van der Waals surface area contributed by atoms with Gasteiger partial charge in [-0.05, 0) is 24.3 Å². The molecular formula is C12H11FN4O. The van der Waals surface area contributed by atoms with E-state index in [0.717, 1.165) is 0 Å². The third-order valence-electron chi connectivity index (χ3n) is 2.04. The van der Waals surface area contributed by atoms with Crippen molar-refractivity contribution in [2.45, 2.75) is 0 Å². The van der Waals surface area contributed by atoms with E-state index < -0.39 is 5.82 Å². The summed E-state index contributed by atoms with van der Waals surface area (Å²) in [5.74, 6) is -0.417. The average Bonchev–Trinajstić information content (AvgIpc) is 2.34. The van der Waals surface area contributed by atoms with Crippen molar-refractivity contribution in [1.82, 2.24) is 4.98 Å². The average molecular weight is 246 g/mol. The maximum Gasteiger partial charge on any atom is 0.245 e. The zero-order valence-electron chi connectivity index (χ0n) is 9.38. The molecule has 6 heteroatoms. The zero-order valence-corrected chi connectivity index (χ0v) is 9.38. The van der Waals surface area contributed by atoms with Crippen LogP contribution in [-0.2, 0) is 0 Å². The Labute approximate surface area is 103 Å². The molecule has 0 saturated heterocycles. The Hall–Kier alpha value is -2.63. The lowest BCUT2D eigenvalue weighted by Crippen LogP contribution is -2.22. The van der Waals surface area contributed by atoms with Crippen LogP contribution in [0, 0.1) is 5.82 Å². The van der Waals surface area contributed by atoms with Crippen LogP contribution in [0.25, 0.3) is 0 Å². The number of aromatic nitrogens is 1. The number of ether oxygens (including phenoxy) is 1. The predicted molar refractivity (Wildman–Crippen MR) is 66.2 cm³/mol. The predicted octanol–water partition coefficient (Wildman–Crippen LogP) is 1.92. The van der Waals surface area contributed by atoms with Gasteiger partial charge in [-0.25, -0.2) is 14.4 Å². The standard InChI is InChI=1S/C12H11FN4O/c13-8-4-1-2-6-10(8)18-11-9(17-12(14)15)5-3-7-16-11/h1-7H,(H4,14,15,17). The molecule has 0 fully saturated rings. The Morgan fingerprint density at radius 3 is 2.67 bits per heavy atom. The molecule has 0 atom stereocenters. The van der Waals surface area contributed by atoms with Crippen LogP contribution in [0.5, 0.6) is 11.6 Å². The fraction of sp³-hybridized carbons (Fsp3) is 0. The smallest absolute Gasteiger partial charge is 0.245 e. The summed E-state index contributed by atoms with van der Waals surface area (Å²) in [5.41, 5.74) is 10.9. The second kappa shape index (κ2) is 5.13. The van der Waals surface area contributed by atoms with Gasteiger partial charge in [0.05, 0.1) is 0 Å². The van der Waals surface area contributed by atoms with E-state index in [1.165, 1.54) is 18.3 Å². The lowest BCUT2D eigenvalue weighted by atomic mass is 10.3. The van der Waals surface area contributed by atoms with E-state index in [-0.39, 0.29) is 17.6 Å². The Morgan fingerprint density at radius 1 is 1.17 bits per heavy atom. The van der Waals surface area contributed by atoms with Gasteiger partial charge in [-0.15, -0.1) is 0 Å². The number of nitrogens with two attached hydrogens (primary N) is 2. The molecule has 0 radical (unpaired) electrons. The molecule has 1 aromatic carbocycles. The monoisotopic (exact) mass is 246 g/mol. The fourth-order valence-corrected chi connectivity index (χ4v) is 1.32. The number of rotatable bonds is 3. The molecule has 0 aliphatic heterocycles. The number of halogens is 1. The van der Waals surface area contributed by atoms with Crippen LogP contribution >= 0.6 is 0 Å². The molecule has 5 nitrogen and oxygen atoms in total. The SMILES string of the molecule is NC(N)=Nc1cccnc1Oc1ccccc1F. The number of benzene rings is 1. The van der Waals surface area contributed by atoms with Gasteiger partial charge in [0.25, 0.3) is 0 Å². The van der Waals surface area contributed by atoms with Crippen molar-refractivity contribution in [3.8, 4) is 11.6 Å². The van der Waals surface area contributed by atoms with E-state index in [1.807, 2.05) is 0 Å². The minimum atomic E-state index is -0.487. The molecule has 0 aliphatic carbocycles. The lowest BCUT2D eigenvalue weighted by Gasteiger charge is -2.07. The first-order valence-electron chi connectivity index (χ1n) is 5.14. The van der Waals surface area contributed by atoms with Crippen LogP contribution < -0.4 is 16.2 Å². The number of hydrogen-bond donors (Lipinski definition) is 2. The van der Waals surface area contributed by atoms with Crippen molar-refractivity contribution in [1.29, 1.82) is 0 Å². The van der Waals surface area contributed by atoms with Gasteiger partial charge in [0.1, 0.15) is 5.69 Å². The molecule has 0 aliphatic rings. The van der Waals surface area contributed by atoms with Gasteiger partial charge in [-0.2, -0.15) is 0 Å².